The minimum atomic E-state index is 0.359. The summed E-state index contributed by atoms with van der Waals surface area (Å²) in [6, 6.07) is 0. The monoisotopic (exact) mass is 302 g/mol. The number of rotatable bonds is 12. The van der Waals surface area contributed by atoms with Gasteiger partial charge in [0.2, 0.25) is 0 Å². The fourth-order valence-corrected chi connectivity index (χ4v) is 4.30. The van der Waals surface area contributed by atoms with Crippen molar-refractivity contribution in [3.05, 3.63) is 0 Å². The summed E-state index contributed by atoms with van der Waals surface area (Å²) in [5.74, 6) is 0. The molecule has 0 amide bonds. The molecule has 0 aliphatic carbocycles. The molecule has 102 valence electrons. The van der Waals surface area contributed by atoms with E-state index in [1.54, 1.807) is 0 Å². The molecule has 0 aromatic heterocycles. The Balaban J connectivity index is 3.23. The zero-order valence-corrected chi connectivity index (χ0v) is 14.6. The third-order valence-electron chi connectivity index (χ3n) is 3.44. The number of nitrogens with zero attached hydrogens (tertiary/aromatic N) is 2. The summed E-state index contributed by atoms with van der Waals surface area (Å²) < 4.78 is 0. The van der Waals surface area contributed by atoms with Crippen molar-refractivity contribution in [3.8, 4) is 0 Å². The van der Waals surface area contributed by atoms with Crippen molar-refractivity contribution in [2.45, 2.75) is 51.0 Å². The van der Waals surface area contributed by atoms with Gasteiger partial charge in [0.05, 0.1) is 0 Å². The Kier molecular flexibility index (Phi) is 13.3. The van der Waals surface area contributed by atoms with Gasteiger partial charge in [-0.15, -0.1) is 0 Å². The summed E-state index contributed by atoms with van der Waals surface area (Å²) in [5.41, 5.74) is 0. The predicted octanol–water partition coefficient (Wildman–Crippen LogP) is 2.99. The Morgan fingerprint density at radius 2 is 1.00 bits per heavy atom. The normalized spacial score (nSPS) is 11.6. The average molecular weight is 301 g/mol. The first kappa shape index (κ1) is 17.5. The molecule has 0 aliphatic heterocycles. The molecule has 0 atom stereocenters. The Labute approximate surface area is 116 Å². The van der Waals surface area contributed by atoms with Crippen LogP contribution >= 0.6 is 0 Å². The molecule has 0 heterocycles. The zero-order valence-electron chi connectivity index (χ0n) is 12.5. The van der Waals surface area contributed by atoms with Gasteiger partial charge in [0.1, 0.15) is 0 Å². The van der Waals surface area contributed by atoms with Crippen LogP contribution in [0.4, 0.5) is 0 Å². The first-order valence-corrected chi connectivity index (χ1v) is 10.4. The van der Waals surface area contributed by atoms with Gasteiger partial charge < -0.3 is 0 Å². The molecule has 0 aliphatic rings. The third-order valence-corrected chi connectivity index (χ3v) is 6.41. The van der Waals surface area contributed by atoms with Crippen LogP contribution in [0.25, 0.3) is 0 Å². The van der Waals surface area contributed by atoms with Crippen LogP contribution in [0.5, 0.6) is 0 Å². The quantitative estimate of drug-likeness (QED) is 0.404. The van der Waals surface area contributed by atoms with E-state index < -0.39 is 0 Å². The molecule has 2 radical (unpaired) electrons. The second kappa shape index (κ2) is 12.9. The molecule has 17 heavy (non-hydrogen) atoms. The molecule has 0 unspecified atom stereocenters. The van der Waals surface area contributed by atoms with Crippen molar-refractivity contribution in [3.63, 3.8) is 0 Å². The molecule has 0 aromatic carbocycles. The summed E-state index contributed by atoms with van der Waals surface area (Å²) in [7, 11) is 0. The van der Waals surface area contributed by atoms with E-state index in [9.17, 15) is 0 Å². The van der Waals surface area contributed by atoms with Crippen molar-refractivity contribution >= 4 is 15.4 Å². The molecule has 0 saturated heterocycles. The van der Waals surface area contributed by atoms with E-state index in [1.165, 1.54) is 62.6 Å². The molecule has 2 nitrogen and oxygen atoms in total. The predicted molar refractivity (Wildman–Crippen MR) is 80.2 cm³/mol. The van der Waals surface area contributed by atoms with Gasteiger partial charge in [0.15, 0.2) is 0 Å². The Morgan fingerprint density at radius 1 is 0.647 bits per heavy atom. The van der Waals surface area contributed by atoms with Gasteiger partial charge in [0, 0.05) is 0 Å². The van der Waals surface area contributed by atoms with Crippen LogP contribution < -0.4 is 0 Å². The van der Waals surface area contributed by atoms with Crippen molar-refractivity contribution < 1.29 is 0 Å². The minimum absolute atomic E-state index is 0.359. The summed E-state index contributed by atoms with van der Waals surface area (Å²) >= 11 is 0.359. The van der Waals surface area contributed by atoms with Crippen LogP contribution in [0, 0.1) is 0 Å². The van der Waals surface area contributed by atoms with Crippen molar-refractivity contribution in [1.29, 1.82) is 0 Å². The van der Waals surface area contributed by atoms with Crippen molar-refractivity contribution in [1.82, 2.24) is 9.80 Å². The molecular weight excluding hydrogens is 269 g/mol. The third kappa shape index (κ3) is 10.1. The van der Waals surface area contributed by atoms with Gasteiger partial charge in [-0.1, -0.05) is 0 Å². The van der Waals surface area contributed by atoms with E-state index in [-0.39, 0.29) is 0 Å². The molecule has 3 heteroatoms. The van der Waals surface area contributed by atoms with E-state index in [1.807, 2.05) is 0 Å². The van der Waals surface area contributed by atoms with E-state index in [0.29, 0.717) is 15.4 Å². The first-order valence-electron chi connectivity index (χ1n) is 7.43. The maximum atomic E-state index is 2.54. The molecule has 0 rings (SSSR count). The molecule has 0 aromatic rings. The van der Waals surface area contributed by atoms with E-state index in [2.05, 4.69) is 37.5 Å². The van der Waals surface area contributed by atoms with Crippen LogP contribution in [-0.4, -0.2) is 64.5 Å². The maximum absolute atomic E-state index is 2.54. The van der Waals surface area contributed by atoms with Crippen LogP contribution in [0.2, 0.25) is 10.5 Å². The van der Waals surface area contributed by atoms with Gasteiger partial charge in [-0.05, 0) is 0 Å². The summed E-state index contributed by atoms with van der Waals surface area (Å²) in [5, 5.41) is 3.07. The van der Waals surface area contributed by atoms with Crippen LogP contribution in [0.1, 0.15) is 40.5 Å². The van der Waals surface area contributed by atoms with Crippen LogP contribution in [-0.2, 0) is 0 Å². The number of hydrogen-bond donors (Lipinski definition) is 0. The van der Waals surface area contributed by atoms with E-state index in [4.69, 9.17) is 0 Å². The second-order valence-electron chi connectivity index (χ2n) is 4.51. The average Bonchev–Trinajstić information content (AvgIpc) is 2.37. The van der Waals surface area contributed by atoms with Gasteiger partial charge >= 0.3 is 116 Å². The fraction of sp³-hybridized carbons (Fsp3) is 1.00. The van der Waals surface area contributed by atoms with Gasteiger partial charge in [-0.25, -0.2) is 0 Å². The molecule has 0 spiro atoms. The Morgan fingerprint density at radius 3 is 1.29 bits per heavy atom. The first-order chi connectivity index (χ1) is 8.28. The summed E-state index contributed by atoms with van der Waals surface area (Å²) in [4.78, 5) is 5.09. The SMILES string of the molecule is CCN(CC)CC[CH2][Ge][CH2]CCN(CC)CC. The van der Waals surface area contributed by atoms with E-state index in [0.717, 1.165) is 0 Å². The zero-order chi connectivity index (χ0) is 12.9. The van der Waals surface area contributed by atoms with Crippen LogP contribution in [0.15, 0.2) is 0 Å². The Bertz CT molecular complexity index is 129. The fourth-order valence-electron chi connectivity index (χ4n) is 2.06. The van der Waals surface area contributed by atoms with Gasteiger partial charge in [0.25, 0.3) is 0 Å². The summed E-state index contributed by atoms with van der Waals surface area (Å²) in [6.07, 6.45) is 2.87. The van der Waals surface area contributed by atoms with E-state index >= 15 is 0 Å². The van der Waals surface area contributed by atoms with Crippen LogP contribution in [0.3, 0.4) is 0 Å². The van der Waals surface area contributed by atoms with Crippen molar-refractivity contribution in [2.75, 3.05) is 39.3 Å². The van der Waals surface area contributed by atoms with Gasteiger partial charge in [-0.2, -0.15) is 0 Å². The molecule has 0 bridgehead atoms. The molecular formula is C14H32GeN2. The molecule has 0 saturated carbocycles. The standard InChI is InChI=1S/C14H32GeN2/c1-5-16(6-2)13-9-11-15-12-10-14-17(7-3)8-4/h5-14H2,1-4H3. The topological polar surface area (TPSA) is 6.48 Å². The molecule has 0 N–H and O–H groups in total. The van der Waals surface area contributed by atoms with Gasteiger partial charge in [-0.3, -0.25) is 0 Å². The van der Waals surface area contributed by atoms with Crippen molar-refractivity contribution in [2.24, 2.45) is 0 Å². The second-order valence-corrected chi connectivity index (χ2v) is 7.66. The number of hydrogen-bond acceptors (Lipinski definition) is 2. The summed E-state index contributed by atoms with van der Waals surface area (Å²) in [6.45, 7) is 16.6. The molecule has 0 fully saturated rings. The Hall–Kier alpha value is 0.463.